The molecule has 0 spiro atoms. The molecule has 0 bridgehead atoms. The Bertz CT molecular complexity index is 330. The molecule has 0 unspecified atom stereocenters. The molecule has 0 amide bonds. The molecular formula is C5H8N6O2. The first kappa shape index (κ1) is 9.10. The average Bonchev–Trinajstić information content (AvgIpc) is 2.47. The van der Waals surface area contributed by atoms with Gasteiger partial charge in [0.1, 0.15) is 0 Å². The maximum Gasteiger partial charge on any atom is 0.369 e. The van der Waals surface area contributed by atoms with Gasteiger partial charge in [0.2, 0.25) is 0 Å². The van der Waals surface area contributed by atoms with Gasteiger partial charge >= 0.3 is 5.82 Å². The number of H-pyrrole nitrogens is 1. The summed E-state index contributed by atoms with van der Waals surface area (Å²) in [5.41, 5.74) is 0. The van der Waals surface area contributed by atoms with Gasteiger partial charge in [-0.05, 0) is 4.92 Å². The van der Waals surface area contributed by atoms with E-state index in [0.717, 1.165) is 0 Å². The van der Waals surface area contributed by atoms with Gasteiger partial charge in [-0.1, -0.05) is 5.22 Å². The van der Waals surface area contributed by atoms with Gasteiger partial charge in [-0.3, -0.25) is 5.01 Å². The zero-order valence-electron chi connectivity index (χ0n) is 7.13. The lowest BCUT2D eigenvalue weighted by molar-refractivity contribution is -0.388. The maximum absolute atomic E-state index is 10.3. The van der Waals surface area contributed by atoms with Gasteiger partial charge in [-0.2, -0.15) is 4.98 Å². The number of aromatic nitrogens is 2. The molecule has 0 aliphatic heterocycles. The van der Waals surface area contributed by atoms with E-state index in [1.54, 1.807) is 14.1 Å². The number of hydrogen-bond acceptors (Lipinski definition) is 5. The first-order chi connectivity index (χ1) is 6.11. The molecule has 0 saturated heterocycles. The second kappa shape index (κ2) is 3.61. The number of hydrogen-bond donors (Lipinski definition) is 1. The lowest BCUT2D eigenvalue weighted by Gasteiger charge is -1.98. The summed E-state index contributed by atoms with van der Waals surface area (Å²) in [5.74, 6) is -0.288. The number of imidazole rings is 1. The number of nitrogens with one attached hydrogen (secondary N) is 1. The molecule has 0 aliphatic carbocycles. The third-order valence-corrected chi connectivity index (χ3v) is 1.10. The molecular weight excluding hydrogens is 176 g/mol. The minimum absolute atomic E-state index is 0.0290. The van der Waals surface area contributed by atoms with Gasteiger partial charge in [0.25, 0.3) is 5.82 Å². The minimum Gasteiger partial charge on any atom is -0.358 e. The number of nitro groups is 1. The Hall–Kier alpha value is -1.99. The summed E-state index contributed by atoms with van der Waals surface area (Å²) >= 11 is 0. The molecule has 0 atom stereocenters. The predicted molar refractivity (Wildman–Crippen MR) is 43.4 cm³/mol. The second-order valence-electron chi connectivity index (χ2n) is 2.37. The lowest BCUT2D eigenvalue weighted by atomic mass is 10.7. The molecule has 0 aliphatic rings. The summed E-state index contributed by atoms with van der Waals surface area (Å²) < 4.78 is 0. The van der Waals surface area contributed by atoms with Crippen molar-refractivity contribution in [2.75, 3.05) is 14.1 Å². The third-order valence-electron chi connectivity index (χ3n) is 1.10. The van der Waals surface area contributed by atoms with Crippen molar-refractivity contribution < 1.29 is 4.92 Å². The van der Waals surface area contributed by atoms with Crippen molar-refractivity contribution in [1.82, 2.24) is 15.0 Å². The van der Waals surface area contributed by atoms with Crippen molar-refractivity contribution in [2.24, 2.45) is 10.3 Å². The zero-order chi connectivity index (χ0) is 9.84. The Balaban J connectivity index is 2.88. The fraction of sp³-hybridized carbons (Fsp3) is 0.400. The zero-order valence-corrected chi connectivity index (χ0v) is 7.13. The van der Waals surface area contributed by atoms with Gasteiger partial charge in [0.15, 0.2) is 6.33 Å². The van der Waals surface area contributed by atoms with Crippen molar-refractivity contribution in [3.8, 4) is 0 Å². The first-order valence-electron chi connectivity index (χ1n) is 3.38. The Kier molecular flexibility index (Phi) is 2.52. The molecule has 0 aromatic carbocycles. The summed E-state index contributed by atoms with van der Waals surface area (Å²) in [6.45, 7) is 0. The number of aromatic amines is 1. The van der Waals surface area contributed by atoms with E-state index >= 15 is 0 Å². The normalized spacial score (nSPS) is 10.6. The smallest absolute Gasteiger partial charge is 0.358 e. The fourth-order valence-electron chi connectivity index (χ4n) is 0.620. The molecule has 1 heterocycles. The first-order valence-corrected chi connectivity index (χ1v) is 3.38. The van der Waals surface area contributed by atoms with Crippen LogP contribution in [0.2, 0.25) is 0 Å². The van der Waals surface area contributed by atoms with E-state index in [2.05, 4.69) is 20.3 Å². The Morgan fingerprint density at radius 1 is 1.69 bits per heavy atom. The molecule has 0 fully saturated rings. The van der Waals surface area contributed by atoms with Gasteiger partial charge in [0.05, 0.1) is 0 Å². The third kappa shape index (κ3) is 2.22. The average molecular weight is 184 g/mol. The molecule has 0 saturated carbocycles. The molecule has 1 aromatic rings. The largest absolute Gasteiger partial charge is 0.369 e. The van der Waals surface area contributed by atoms with E-state index in [-0.39, 0.29) is 11.6 Å². The Morgan fingerprint density at radius 2 is 2.38 bits per heavy atom. The van der Waals surface area contributed by atoms with Crippen molar-refractivity contribution in [1.29, 1.82) is 0 Å². The molecule has 0 radical (unpaired) electrons. The summed E-state index contributed by atoms with van der Waals surface area (Å²) in [7, 11) is 3.31. The number of rotatable bonds is 3. The van der Waals surface area contributed by atoms with Gasteiger partial charge < -0.3 is 10.1 Å². The summed E-state index contributed by atoms with van der Waals surface area (Å²) in [4.78, 5) is 15.7. The molecule has 8 heteroatoms. The highest BCUT2D eigenvalue weighted by Gasteiger charge is 2.14. The SMILES string of the molecule is CN(C)/N=N/c1nc[nH]c1[N+](=O)[O-]. The van der Waals surface area contributed by atoms with E-state index < -0.39 is 4.92 Å². The highest BCUT2D eigenvalue weighted by molar-refractivity contribution is 5.44. The lowest BCUT2D eigenvalue weighted by Crippen LogP contribution is -1.99. The quantitative estimate of drug-likeness (QED) is 0.428. The van der Waals surface area contributed by atoms with Crippen LogP contribution in [0.3, 0.4) is 0 Å². The van der Waals surface area contributed by atoms with Crippen LogP contribution < -0.4 is 0 Å². The van der Waals surface area contributed by atoms with Crippen LogP contribution in [0, 0.1) is 10.1 Å². The minimum atomic E-state index is -0.600. The van der Waals surface area contributed by atoms with Crippen molar-refractivity contribution in [3.05, 3.63) is 16.4 Å². The molecule has 8 nitrogen and oxygen atoms in total. The van der Waals surface area contributed by atoms with Crippen LogP contribution in [-0.2, 0) is 0 Å². The molecule has 70 valence electrons. The van der Waals surface area contributed by atoms with Crippen LogP contribution in [0.25, 0.3) is 0 Å². The standard InChI is InChI=1S/C5H8N6O2/c1-10(2)9-8-4-5(11(12)13)7-3-6-4/h3H,1-2H3,(H,6,7)/b9-8+. The molecule has 1 N–H and O–H groups in total. The number of nitrogens with zero attached hydrogens (tertiary/aromatic N) is 5. The summed E-state index contributed by atoms with van der Waals surface area (Å²) in [5, 5.41) is 18.9. The van der Waals surface area contributed by atoms with E-state index in [1.165, 1.54) is 11.3 Å². The fourth-order valence-corrected chi connectivity index (χ4v) is 0.620. The summed E-state index contributed by atoms with van der Waals surface area (Å²) in [6.07, 6.45) is 1.20. The van der Waals surface area contributed by atoms with Gasteiger partial charge in [-0.25, -0.2) is 4.98 Å². The molecule has 13 heavy (non-hydrogen) atoms. The van der Waals surface area contributed by atoms with Gasteiger partial charge in [0, 0.05) is 14.1 Å². The van der Waals surface area contributed by atoms with Crippen LogP contribution in [0.1, 0.15) is 0 Å². The van der Waals surface area contributed by atoms with E-state index in [4.69, 9.17) is 0 Å². The van der Waals surface area contributed by atoms with Crippen LogP contribution in [0.5, 0.6) is 0 Å². The van der Waals surface area contributed by atoms with Crippen LogP contribution in [0.4, 0.5) is 11.6 Å². The van der Waals surface area contributed by atoms with E-state index in [9.17, 15) is 10.1 Å². The van der Waals surface area contributed by atoms with Crippen molar-refractivity contribution >= 4 is 11.6 Å². The topological polar surface area (TPSA) is 99.8 Å². The monoisotopic (exact) mass is 184 g/mol. The predicted octanol–water partition coefficient (Wildman–Crippen LogP) is 0.878. The Morgan fingerprint density at radius 3 is 2.92 bits per heavy atom. The summed E-state index contributed by atoms with van der Waals surface area (Å²) in [6, 6.07) is 0. The van der Waals surface area contributed by atoms with E-state index in [0.29, 0.717) is 0 Å². The van der Waals surface area contributed by atoms with Crippen molar-refractivity contribution in [3.63, 3.8) is 0 Å². The van der Waals surface area contributed by atoms with Crippen LogP contribution in [-0.4, -0.2) is 34.0 Å². The molecule has 1 rings (SSSR count). The maximum atomic E-state index is 10.3. The highest BCUT2D eigenvalue weighted by atomic mass is 16.6. The highest BCUT2D eigenvalue weighted by Crippen LogP contribution is 2.21. The van der Waals surface area contributed by atoms with Crippen molar-refractivity contribution in [2.45, 2.75) is 0 Å². The molecule has 1 aromatic heterocycles. The van der Waals surface area contributed by atoms with E-state index in [1.807, 2.05) is 0 Å². The van der Waals surface area contributed by atoms with Crippen LogP contribution in [0.15, 0.2) is 16.7 Å². The Labute approximate surface area is 73.4 Å². The van der Waals surface area contributed by atoms with Gasteiger partial charge in [-0.15, -0.1) is 5.11 Å². The second-order valence-corrected chi connectivity index (χ2v) is 2.37. The van der Waals surface area contributed by atoms with Crippen LogP contribution >= 0.6 is 0 Å².